The van der Waals surface area contributed by atoms with Crippen molar-refractivity contribution in [3.8, 4) is 0 Å². The van der Waals surface area contributed by atoms with Crippen LogP contribution in [0.3, 0.4) is 0 Å². The second-order valence-corrected chi connectivity index (χ2v) is 3.70. The molecule has 68 valence electrons. The summed E-state index contributed by atoms with van der Waals surface area (Å²) >= 11 is 0. The third kappa shape index (κ3) is 1.14. The Hall–Kier alpha value is -0.500. The van der Waals surface area contributed by atoms with E-state index < -0.39 is 0 Å². The van der Waals surface area contributed by atoms with Gasteiger partial charge in [0.25, 0.3) is 0 Å². The molecule has 2 rings (SSSR count). The van der Waals surface area contributed by atoms with Crippen LogP contribution in [0.2, 0.25) is 0 Å². The number of rotatable bonds is 1. The highest BCUT2D eigenvalue weighted by Crippen LogP contribution is 2.43. The van der Waals surface area contributed by atoms with Crippen molar-refractivity contribution in [2.24, 2.45) is 0 Å². The number of ether oxygens (including phenoxy) is 2. The normalized spacial score (nSPS) is 32.8. The topological polar surface area (TPSA) is 18.5 Å². The Labute approximate surface area is 73.5 Å². The van der Waals surface area contributed by atoms with Gasteiger partial charge in [-0.05, 0) is 19.3 Å². The molecule has 1 atom stereocenters. The van der Waals surface area contributed by atoms with Gasteiger partial charge in [-0.1, -0.05) is 13.5 Å². The van der Waals surface area contributed by atoms with E-state index in [0.717, 1.165) is 25.0 Å². The van der Waals surface area contributed by atoms with E-state index in [9.17, 15) is 0 Å². The minimum Gasteiger partial charge on any atom is -0.465 e. The summed E-state index contributed by atoms with van der Waals surface area (Å²) in [4.78, 5) is 0. The lowest BCUT2D eigenvalue weighted by Crippen LogP contribution is -2.26. The molecule has 2 fully saturated rings. The van der Waals surface area contributed by atoms with Crippen LogP contribution in [0.5, 0.6) is 0 Å². The van der Waals surface area contributed by atoms with E-state index in [1.165, 1.54) is 12.8 Å². The molecule has 1 aliphatic heterocycles. The summed E-state index contributed by atoms with van der Waals surface area (Å²) in [5, 5.41) is 0. The standard InChI is InChI=1S/C10H16O2/c1-3-9-8(2)11-10(12-9)6-4-5-7-10/h9H,2-7H2,1H3. The quantitative estimate of drug-likeness (QED) is 0.599. The third-order valence-corrected chi connectivity index (χ3v) is 2.77. The zero-order chi connectivity index (χ0) is 8.60. The Morgan fingerprint density at radius 2 is 2.17 bits per heavy atom. The van der Waals surface area contributed by atoms with Gasteiger partial charge >= 0.3 is 0 Å². The predicted octanol–water partition coefficient (Wildman–Crippen LogP) is 2.60. The zero-order valence-electron chi connectivity index (χ0n) is 7.64. The van der Waals surface area contributed by atoms with Crippen molar-refractivity contribution in [1.82, 2.24) is 0 Å². The van der Waals surface area contributed by atoms with Gasteiger partial charge in [0.15, 0.2) is 0 Å². The monoisotopic (exact) mass is 168 g/mol. The fourth-order valence-corrected chi connectivity index (χ4v) is 2.10. The molecule has 0 aromatic carbocycles. The Morgan fingerprint density at radius 1 is 1.50 bits per heavy atom. The molecule has 2 heteroatoms. The maximum Gasteiger partial charge on any atom is 0.210 e. The molecule has 0 bridgehead atoms. The molecule has 0 aromatic rings. The van der Waals surface area contributed by atoms with Gasteiger partial charge in [-0.2, -0.15) is 0 Å². The first-order chi connectivity index (χ1) is 5.76. The fraction of sp³-hybridized carbons (Fsp3) is 0.800. The van der Waals surface area contributed by atoms with Crippen LogP contribution < -0.4 is 0 Å². The van der Waals surface area contributed by atoms with Crippen LogP contribution in [-0.4, -0.2) is 11.9 Å². The van der Waals surface area contributed by atoms with Crippen LogP contribution in [-0.2, 0) is 9.47 Å². The number of hydrogen-bond donors (Lipinski definition) is 0. The molecule has 2 nitrogen and oxygen atoms in total. The predicted molar refractivity (Wildman–Crippen MR) is 46.6 cm³/mol. The average molecular weight is 168 g/mol. The molecule has 12 heavy (non-hydrogen) atoms. The van der Waals surface area contributed by atoms with Crippen molar-refractivity contribution in [2.75, 3.05) is 0 Å². The van der Waals surface area contributed by atoms with Crippen LogP contribution in [0.1, 0.15) is 39.0 Å². The SMILES string of the molecule is C=C1OC2(CCCC2)OC1CC. The van der Waals surface area contributed by atoms with Crippen LogP contribution in [0.4, 0.5) is 0 Å². The van der Waals surface area contributed by atoms with Gasteiger partial charge in [0, 0.05) is 12.8 Å². The molecule has 1 heterocycles. The van der Waals surface area contributed by atoms with Gasteiger partial charge in [0.1, 0.15) is 11.9 Å². The molecular weight excluding hydrogens is 152 g/mol. The molecule has 1 unspecified atom stereocenters. The van der Waals surface area contributed by atoms with Crippen molar-refractivity contribution < 1.29 is 9.47 Å². The summed E-state index contributed by atoms with van der Waals surface area (Å²) < 4.78 is 11.5. The Balaban J connectivity index is 2.08. The summed E-state index contributed by atoms with van der Waals surface area (Å²) in [7, 11) is 0. The van der Waals surface area contributed by atoms with E-state index in [4.69, 9.17) is 9.47 Å². The van der Waals surface area contributed by atoms with Gasteiger partial charge in [-0.3, -0.25) is 0 Å². The first kappa shape index (κ1) is 8.11. The van der Waals surface area contributed by atoms with Gasteiger partial charge < -0.3 is 9.47 Å². The number of hydrogen-bond acceptors (Lipinski definition) is 2. The van der Waals surface area contributed by atoms with E-state index in [1.54, 1.807) is 0 Å². The van der Waals surface area contributed by atoms with Gasteiger partial charge in [0.05, 0.1) is 0 Å². The molecular formula is C10H16O2. The Bertz CT molecular complexity index is 192. The van der Waals surface area contributed by atoms with Gasteiger partial charge in [-0.15, -0.1) is 0 Å². The zero-order valence-corrected chi connectivity index (χ0v) is 7.64. The fourth-order valence-electron chi connectivity index (χ4n) is 2.10. The van der Waals surface area contributed by atoms with Crippen LogP contribution in [0, 0.1) is 0 Å². The summed E-state index contributed by atoms with van der Waals surface area (Å²) in [6, 6.07) is 0. The van der Waals surface area contributed by atoms with Crippen LogP contribution in [0.15, 0.2) is 12.3 Å². The van der Waals surface area contributed by atoms with E-state index in [-0.39, 0.29) is 11.9 Å². The highest BCUT2D eigenvalue weighted by Gasteiger charge is 2.45. The summed E-state index contributed by atoms with van der Waals surface area (Å²) in [5.41, 5.74) is 0. The lowest BCUT2D eigenvalue weighted by atomic mass is 10.2. The molecule has 1 aliphatic carbocycles. The maximum atomic E-state index is 5.85. The summed E-state index contributed by atoms with van der Waals surface area (Å²) in [6.45, 7) is 5.98. The molecule has 0 amide bonds. The Kier molecular flexibility index (Phi) is 1.87. The van der Waals surface area contributed by atoms with Crippen molar-refractivity contribution in [2.45, 2.75) is 50.9 Å². The largest absolute Gasteiger partial charge is 0.465 e. The third-order valence-electron chi connectivity index (χ3n) is 2.77. The lowest BCUT2D eigenvalue weighted by Gasteiger charge is -2.21. The molecule has 2 aliphatic rings. The van der Waals surface area contributed by atoms with Gasteiger partial charge in [-0.25, -0.2) is 0 Å². The second kappa shape index (κ2) is 2.77. The van der Waals surface area contributed by atoms with Crippen LogP contribution >= 0.6 is 0 Å². The van der Waals surface area contributed by atoms with E-state index in [1.807, 2.05) is 0 Å². The van der Waals surface area contributed by atoms with E-state index in [0.29, 0.717) is 0 Å². The smallest absolute Gasteiger partial charge is 0.210 e. The highest BCUT2D eigenvalue weighted by atomic mass is 16.7. The molecule has 1 saturated heterocycles. The van der Waals surface area contributed by atoms with Crippen molar-refractivity contribution in [3.63, 3.8) is 0 Å². The summed E-state index contributed by atoms with van der Waals surface area (Å²) in [5.74, 6) is 0.567. The Morgan fingerprint density at radius 3 is 2.67 bits per heavy atom. The van der Waals surface area contributed by atoms with E-state index >= 15 is 0 Å². The second-order valence-electron chi connectivity index (χ2n) is 3.70. The average Bonchev–Trinajstić information content (AvgIpc) is 2.60. The molecule has 1 saturated carbocycles. The molecule has 0 aromatic heterocycles. The minimum atomic E-state index is -0.266. The first-order valence-corrected chi connectivity index (χ1v) is 4.81. The lowest BCUT2D eigenvalue weighted by molar-refractivity contribution is -0.156. The van der Waals surface area contributed by atoms with E-state index in [2.05, 4.69) is 13.5 Å². The highest BCUT2D eigenvalue weighted by molar-refractivity contribution is 5.02. The van der Waals surface area contributed by atoms with Crippen LogP contribution in [0.25, 0.3) is 0 Å². The van der Waals surface area contributed by atoms with Crippen molar-refractivity contribution in [3.05, 3.63) is 12.3 Å². The maximum absolute atomic E-state index is 5.85. The summed E-state index contributed by atoms with van der Waals surface area (Å²) in [6.07, 6.45) is 5.65. The van der Waals surface area contributed by atoms with Gasteiger partial charge in [0.2, 0.25) is 5.79 Å². The first-order valence-electron chi connectivity index (χ1n) is 4.81. The molecule has 0 N–H and O–H groups in total. The van der Waals surface area contributed by atoms with Crippen molar-refractivity contribution >= 4 is 0 Å². The molecule has 1 spiro atoms. The van der Waals surface area contributed by atoms with Crippen molar-refractivity contribution in [1.29, 1.82) is 0 Å². The minimum absolute atomic E-state index is 0.142. The molecule has 0 radical (unpaired) electrons.